The topological polar surface area (TPSA) is 147 Å². The average molecular weight is 458 g/mol. The van der Waals surface area contributed by atoms with E-state index < -0.39 is 34.5 Å². The molecule has 1 amide bonds. The number of oxime groups is 1. The highest BCUT2D eigenvalue weighted by Gasteiger charge is 2.27. The molecule has 1 atom stereocenters. The number of benzene rings is 2. The number of hydrogen-bond acceptors (Lipinski definition) is 8. The molecule has 0 aromatic heterocycles. The van der Waals surface area contributed by atoms with Gasteiger partial charge in [-0.1, -0.05) is 29.4 Å². The Morgan fingerprint density at radius 1 is 1.22 bits per heavy atom. The van der Waals surface area contributed by atoms with Gasteiger partial charge in [-0.2, -0.15) is 9.98 Å². The number of ether oxygens (including phenoxy) is 1. The molecule has 168 valence electrons. The second kappa shape index (κ2) is 11.6. The lowest BCUT2D eigenvalue weighted by Gasteiger charge is -2.17. The minimum Gasteiger partial charge on any atom is -0.468 e. The maximum atomic E-state index is 12.6. The van der Waals surface area contributed by atoms with Gasteiger partial charge >= 0.3 is 5.97 Å². The van der Waals surface area contributed by atoms with Gasteiger partial charge in [0.15, 0.2) is 6.61 Å². The Balaban J connectivity index is 1.89. The normalized spacial score (nSPS) is 12.0. The summed E-state index contributed by atoms with van der Waals surface area (Å²) in [5.74, 6) is -1.48. The number of carbonyl (C=O) groups excluding carboxylic acids is 2. The van der Waals surface area contributed by atoms with Crippen LogP contribution < -0.4 is 10.0 Å². The summed E-state index contributed by atoms with van der Waals surface area (Å²) in [5.41, 5.74) is 1.90. The van der Waals surface area contributed by atoms with Crippen molar-refractivity contribution < 1.29 is 27.6 Å². The van der Waals surface area contributed by atoms with Crippen LogP contribution in [0.15, 0.2) is 58.6 Å². The van der Waals surface area contributed by atoms with Crippen molar-refractivity contribution in [2.45, 2.75) is 17.9 Å². The largest absolute Gasteiger partial charge is 0.468 e. The number of nitrogens with zero attached hydrogens (tertiary/aromatic N) is 2. The van der Waals surface area contributed by atoms with Gasteiger partial charge in [-0.25, -0.2) is 8.42 Å². The van der Waals surface area contributed by atoms with Crippen molar-refractivity contribution in [2.24, 2.45) is 5.16 Å². The number of esters is 1. The molecule has 0 heterocycles. The van der Waals surface area contributed by atoms with Crippen LogP contribution in [0.2, 0.25) is 0 Å². The van der Waals surface area contributed by atoms with Crippen LogP contribution in [0.1, 0.15) is 16.7 Å². The molecule has 0 aliphatic rings. The second-order valence-electron chi connectivity index (χ2n) is 6.56. The maximum absolute atomic E-state index is 12.6. The number of nitriles is 1. The van der Waals surface area contributed by atoms with E-state index >= 15 is 0 Å². The summed E-state index contributed by atoms with van der Waals surface area (Å²) < 4.78 is 32.0. The molecule has 0 saturated heterocycles. The third-order valence-electron chi connectivity index (χ3n) is 4.10. The number of hydrogen-bond donors (Lipinski definition) is 2. The first-order valence-corrected chi connectivity index (χ1v) is 10.8. The number of methoxy groups -OCH3 is 1. The lowest BCUT2D eigenvalue weighted by atomic mass is 10.2. The molecule has 2 N–H and O–H groups in total. The summed E-state index contributed by atoms with van der Waals surface area (Å²) in [4.78, 5) is 28.8. The van der Waals surface area contributed by atoms with Crippen LogP contribution in [0.25, 0.3) is 0 Å². The first-order chi connectivity index (χ1) is 15.2. The second-order valence-corrected chi connectivity index (χ2v) is 8.27. The van der Waals surface area contributed by atoms with E-state index in [1.807, 2.05) is 6.07 Å². The van der Waals surface area contributed by atoms with Gasteiger partial charge < -0.3 is 14.9 Å². The summed E-state index contributed by atoms with van der Waals surface area (Å²) in [6.45, 7) is 0.936. The van der Waals surface area contributed by atoms with Gasteiger partial charge in [-0.15, -0.1) is 0 Å². The van der Waals surface area contributed by atoms with Gasteiger partial charge in [0.05, 0.1) is 29.9 Å². The zero-order valence-corrected chi connectivity index (χ0v) is 18.3. The van der Waals surface area contributed by atoms with Crippen molar-refractivity contribution >= 4 is 28.1 Å². The van der Waals surface area contributed by atoms with E-state index in [-0.39, 0.29) is 11.4 Å². The van der Waals surface area contributed by atoms with Gasteiger partial charge in [0.2, 0.25) is 10.0 Å². The Hall–Kier alpha value is -3.75. The van der Waals surface area contributed by atoms with E-state index in [2.05, 4.69) is 19.9 Å². The standard InChI is InChI=1S/C21H22N4O6S/c1-15-4-3-5-18(10-15)32(28,29)25-19(21(27)30-2)13-23-20(26)14-31-24-12-17-8-6-16(11-22)7-9-17/h3-10,12,19,25H,13-14H2,1-2H3,(H,23,26)/t19-/m0/s1. The van der Waals surface area contributed by atoms with Crippen LogP contribution in [0, 0.1) is 18.3 Å². The van der Waals surface area contributed by atoms with Crippen LogP contribution >= 0.6 is 0 Å². The number of sulfonamides is 1. The van der Waals surface area contributed by atoms with E-state index in [4.69, 9.17) is 10.1 Å². The molecule has 0 radical (unpaired) electrons. The molecule has 10 nitrogen and oxygen atoms in total. The van der Waals surface area contributed by atoms with Gasteiger partial charge in [0.25, 0.3) is 5.91 Å². The first-order valence-electron chi connectivity index (χ1n) is 9.34. The van der Waals surface area contributed by atoms with E-state index in [9.17, 15) is 18.0 Å². The molecular formula is C21H22N4O6S. The highest BCUT2D eigenvalue weighted by Crippen LogP contribution is 2.11. The predicted octanol–water partition coefficient (Wildman–Crippen LogP) is 0.854. The summed E-state index contributed by atoms with van der Waals surface area (Å²) >= 11 is 0. The van der Waals surface area contributed by atoms with Gasteiger partial charge in [-0.3, -0.25) is 9.59 Å². The first kappa shape index (κ1) is 24.5. The Morgan fingerprint density at radius 3 is 2.56 bits per heavy atom. The third kappa shape index (κ3) is 7.50. The van der Waals surface area contributed by atoms with Gasteiger partial charge in [-0.05, 0) is 42.3 Å². The van der Waals surface area contributed by atoms with Gasteiger partial charge in [0.1, 0.15) is 6.04 Å². The van der Waals surface area contributed by atoms with E-state index in [0.29, 0.717) is 11.1 Å². The molecule has 0 saturated carbocycles. The molecular weight excluding hydrogens is 436 g/mol. The number of rotatable bonds is 10. The van der Waals surface area contributed by atoms with Crippen molar-refractivity contribution in [1.29, 1.82) is 5.26 Å². The van der Waals surface area contributed by atoms with Crippen molar-refractivity contribution in [2.75, 3.05) is 20.3 Å². The lowest BCUT2D eigenvalue weighted by molar-refractivity contribution is -0.142. The smallest absolute Gasteiger partial charge is 0.325 e. The summed E-state index contributed by atoms with van der Waals surface area (Å²) in [6.07, 6.45) is 1.36. The Kier molecular flexibility index (Phi) is 8.88. The predicted molar refractivity (Wildman–Crippen MR) is 115 cm³/mol. The monoisotopic (exact) mass is 458 g/mol. The minimum atomic E-state index is -4.02. The van der Waals surface area contributed by atoms with Crippen LogP contribution in [-0.4, -0.2) is 52.8 Å². The number of aryl methyl sites for hydroxylation is 1. The molecule has 2 rings (SSSR count). The Labute approximate surface area is 185 Å². The van der Waals surface area contributed by atoms with Crippen molar-refractivity contribution in [3.8, 4) is 6.07 Å². The number of nitrogens with one attached hydrogen (secondary N) is 2. The molecule has 0 spiro atoms. The number of amides is 1. The molecule has 2 aromatic rings. The molecule has 0 unspecified atom stereocenters. The fraction of sp³-hybridized carbons (Fsp3) is 0.238. The maximum Gasteiger partial charge on any atom is 0.325 e. The van der Waals surface area contributed by atoms with Crippen molar-refractivity contribution in [1.82, 2.24) is 10.0 Å². The fourth-order valence-electron chi connectivity index (χ4n) is 2.46. The Bertz CT molecular complexity index is 1120. The molecule has 0 aliphatic heterocycles. The minimum absolute atomic E-state index is 0.0156. The highest BCUT2D eigenvalue weighted by atomic mass is 32.2. The molecule has 0 aliphatic carbocycles. The quantitative estimate of drug-likeness (QED) is 0.305. The fourth-order valence-corrected chi connectivity index (χ4v) is 3.75. The molecule has 32 heavy (non-hydrogen) atoms. The summed E-state index contributed by atoms with van der Waals surface area (Å²) in [5, 5.41) is 14.8. The highest BCUT2D eigenvalue weighted by molar-refractivity contribution is 7.89. The van der Waals surface area contributed by atoms with Crippen molar-refractivity contribution in [3.63, 3.8) is 0 Å². The van der Waals surface area contributed by atoms with Crippen LogP contribution in [-0.2, 0) is 29.2 Å². The van der Waals surface area contributed by atoms with Gasteiger partial charge in [0, 0.05) is 6.54 Å². The van der Waals surface area contributed by atoms with E-state index in [1.54, 1.807) is 43.3 Å². The van der Waals surface area contributed by atoms with Crippen molar-refractivity contribution in [3.05, 3.63) is 65.2 Å². The van der Waals surface area contributed by atoms with Crippen LogP contribution in [0.5, 0.6) is 0 Å². The van der Waals surface area contributed by atoms with E-state index in [0.717, 1.165) is 12.7 Å². The summed E-state index contributed by atoms with van der Waals surface area (Å²) in [7, 11) is -2.91. The average Bonchev–Trinajstić information content (AvgIpc) is 2.79. The van der Waals surface area contributed by atoms with Crippen LogP contribution in [0.3, 0.4) is 0 Å². The molecule has 0 bridgehead atoms. The molecule has 0 fully saturated rings. The van der Waals surface area contributed by atoms with E-state index in [1.165, 1.54) is 18.3 Å². The molecule has 2 aromatic carbocycles. The lowest BCUT2D eigenvalue weighted by Crippen LogP contribution is -2.49. The molecule has 11 heteroatoms. The third-order valence-corrected chi connectivity index (χ3v) is 5.57. The Morgan fingerprint density at radius 2 is 1.94 bits per heavy atom. The zero-order valence-electron chi connectivity index (χ0n) is 17.4. The SMILES string of the molecule is COC(=O)[C@H](CNC(=O)CON=Cc1ccc(C#N)cc1)NS(=O)(=O)c1cccc(C)c1. The number of carbonyl (C=O) groups is 2. The summed E-state index contributed by atoms with van der Waals surface area (Å²) in [6, 6.07) is 13.4. The van der Waals surface area contributed by atoms with Crippen LogP contribution in [0.4, 0.5) is 0 Å². The zero-order chi connectivity index (χ0) is 23.6.